The summed E-state index contributed by atoms with van der Waals surface area (Å²) in [6, 6.07) is 9.05. The predicted octanol–water partition coefficient (Wildman–Crippen LogP) is 4.35. The van der Waals surface area contributed by atoms with Gasteiger partial charge in [0.2, 0.25) is 0 Å². The van der Waals surface area contributed by atoms with Gasteiger partial charge in [-0.15, -0.1) is 13.2 Å². The van der Waals surface area contributed by atoms with Crippen molar-refractivity contribution in [3.8, 4) is 5.75 Å². The van der Waals surface area contributed by atoms with Crippen LogP contribution in [0.15, 0.2) is 47.1 Å². The van der Waals surface area contributed by atoms with Gasteiger partial charge in [0.05, 0.1) is 18.0 Å². The van der Waals surface area contributed by atoms with E-state index in [0.29, 0.717) is 5.76 Å². The Morgan fingerprint density at radius 1 is 1.16 bits per heavy atom. The van der Waals surface area contributed by atoms with E-state index < -0.39 is 6.36 Å². The lowest BCUT2D eigenvalue weighted by Gasteiger charge is -2.17. The maximum atomic E-state index is 12.3. The fourth-order valence-corrected chi connectivity index (χ4v) is 1.64. The molecular formula is C13H12F3NO2. The lowest BCUT2D eigenvalue weighted by atomic mass is 10.2. The van der Waals surface area contributed by atoms with E-state index in [1.165, 1.54) is 24.5 Å². The smallest absolute Gasteiger partial charge is 0.467 e. The molecule has 0 aliphatic rings. The molecule has 0 aliphatic heterocycles. The SMILES string of the molecule is CC(Nc1ccccc1OC(F)(F)F)c1ccco1. The van der Waals surface area contributed by atoms with Crippen LogP contribution in [0.1, 0.15) is 18.7 Å². The topological polar surface area (TPSA) is 34.4 Å². The average molecular weight is 271 g/mol. The van der Waals surface area contributed by atoms with E-state index in [-0.39, 0.29) is 17.5 Å². The molecule has 0 fully saturated rings. The minimum atomic E-state index is -4.72. The summed E-state index contributed by atoms with van der Waals surface area (Å²) in [5.41, 5.74) is 0.253. The third kappa shape index (κ3) is 3.67. The van der Waals surface area contributed by atoms with E-state index in [9.17, 15) is 13.2 Å². The first kappa shape index (κ1) is 13.3. The lowest BCUT2D eigenvalue weighted by Crippen LogP contribution is -2.18. The molecule has 0 bridgehead atoms. The van der Waals surface area contributed by atoms with Crippen LogP contribution in [0.5, 0.6) is 5.75 Å². The van der Waals surface area contributed by atoms with Crippen molar-refractivity contribution >= 4 is 5.69 Å². The van der Waals surface area contributed by atoms with E-state index in [1.54, 1.807) is 25.1 Å². The quantitative estimate of drug-likeness (QED) is 0.897. The van der Waals surface area contributed by atoms with Crippen molar-refractivity contribution in [3.05, 3.63) is 48.4 Å². The van der Waals surface area contributed by atoms with Gasteiger partial charge in [0.1, 0.15) is 5.76 Å². The molecule has 0 aliphatic carbocycles. The highest BCUT2D eigenvalue weighted by Gasteiger charge is 2.32. The number of alkyl halides is 3. The third-order valence-electron chi connectivity index (χ3n) is 2.45. The van der Waals surface area contributed by atoms with Gasteiger partial charge >= 0.3 is 6.36 Å². The predicted molar refractivity (Wildman–Crippen MR) is 63.9 cm³/mol. The average Bonchev–Trinajstić information content (AvgIpc) is 2.83. The molecule has 102 valence electrons. The molecule has 0 radical (unpaired) electrons. The van der Waals surface area contributed by atoms with Gasteiger partial charge in [-0.2, -0.15) is 0 Å². The van der Waals surface area contributed by atoms with Gasteiger partial charge < -0.3 is 14.5 Å². The first-order chi connectivity index (χ1) is 8.96. The molecule has 0 amide bonds. The van der Waals surface area contributed by atoms with Crippen LogP contribution in [0.4, 0.5) is 18.9 Å². The Bertz CT molecular complexity index is 523. The highest BCUT2D eigenvalue weighted by molar-refractivity contribution is 5.57. The van der Waals surface area contributed by atoms with Crippen molar-refractivity contribution in [2.24, 2.45) is 0 Å². The van der Waals surface area contributed by atoms with Crippen LogP contribution in [0.2, 0.25) is 0 Å². The molecule has 2 aromatic rings. The molecule has 6 heteroatoms. The minimum absolute atomic E-state index is 0.253. The number of furan rings is 1. The lowest BCUT2D eigenvalue weighted by molar-refractivity contribution is -0.274. The Morgan fingerprint density at radius 3 is 2.53 bits per heavy atom. The zero-order valence-electron chi connectivity index (χ0n) is 10.1. The number of hydrogen-bond acceptors (Lipinski definition) is 3. The van der Waals surface area contributed by atoms with Gasteiger partial charge in [-0.25, -0.2) is 0 Å². The molecule has 1 heterocycles. The Labute approximate surface area is 108 Å². The Kier molecular flexibility index (Phi) is 3.69. The summed E-state index contributed by atoms with van der Waals surface area (Å²) in [7, 11) is 0. The summed E-state index contributed by atoms with van der Waals surface area (Å²) in [5, 5.41) is 2.92. The first-order valence-corrected chi connectivity index (χ1v) is 5.60. The number of hydrogen-bond donors (Lipinski definition) is 1. The minimum Gasteiger partial charge on any atom is -0.467 e. The van der Waals surface area contributed by atoms with Crippen molar-refractivity contribution in [1.82, 2.24) is 0 Å². The van der Waals surface area contributed by atoms with Crippen LogP contribution in [0.25, 0.3) is 0 Å². The van der Waals surface area contributed by atoms with Crippen molar-refractivity contribution in [3.63, 3.8) is 0 Å². The third-order valence-corrected chi connectivity index (χ3v) is 2.45. The number of ether oxygens (including phenoxy) is 1. The number of benzene rings is 1. The molecule has 0 saturated carbocycles. The molecule has 3 nitrogen and oxygen atoms in total. The van der Waals surface area contributed by atoms with Gasteiger partial charge in [-0.1, -0.05) is 12.1 Å². The van der Waals surface area contributed by atoms with Crippen LogP contribution >= 0.6 is 0 Å². The Balaban J connectivity index is 2.16. The van der Waals surface area contributed by atoms with Crippen molar-refractivity contribution in [1.29, 1.82) is 0 Å². The van der Waals surface area contributed by atoms with Gasteiger partial charge in [0.25, 0.3) is 0 Å². The van der Waals surface area contributed by atoms with Gasteiger partial charge in [-0.05, 0) is 31.2 Å². The monoisotopic (exact) mass is 271 g/mol. The molecule has 1 atom stereocenters. The van der Waals surface area contributed by atoms with Crippen LogP contribution in [0, 0.1) is 0 Å². The summed E-state index contributed by atoms with van der Waals surface area (Å²) in [4.78, 5) is 0. The van der Waals surface area contributed by atoms with Crippen molar-refractivity contribution in [2.45, 2.75) is 19.3 Å². The van der Waals surface area contributed by atoms with E-state index in [4.69, 9.17) is 4.42 Å². The maximum absolute atomic E-state index is 12.3. The fraction of sp³-hybridized carbons (Fsp3) is 0.231. The molecule has 0 saturated heterocycles. The Hall–Kier alpha value is -2.11. The molecule has 1 aromatic heterocycles. The van der Waals surface area contributed by atoms with Crippen LogP contribution in [0.3, 0.4) is 0 Å². The fourth-order valence-electron chi connectivity index (χ4n) is 1.64. The van der Waals surface area contributed by atoms with Gasteiger partial charge in [-0.3, -0.25) is 0 Å². The number of halogens is 3. The second-order valence-electron chi connectivity index (χ2n) is 3.93. The van der Waals surface area contributed by atoms with E-state index in [2.05, 4.69) is 10.1 Å². The zero-order valence-corrected chi connectivity index (χ0v) is 10.1. The van der Waals surface area contributed by atoms with E-state index in [1.807, 2.05) is 0 Å². The number of rotatable bonds is 4. The first-order valence-electron chi connectivity index (χ1n) is 5.60. The molecule has 1 unspecified atom stereocenters. The molecule has 0 spiro atoms. The molecule has 1 N–H and O–H groups in total. The second kappa shape index (κ2) is 5.26. The summed E-state index contributed by atoms with van der Waals surface area (Å²) in [6.45, 7) is 1.78. The normalized spacial score (nSPS) is 13.1. The second-order valence-corrected chi connectivity index (χ2v) is 3.93. The molecule has 19 heavy (non-hydrogen) atoms. The summed E-state index contributed by atoms with van der Waals surface area (Å²) >= 11 is 0. The highest BCUT2D eigenvalue weighted by atomic mass is 19.4. The molecule has 2 rings (SSSR count). The molecule has 1 aromatic carbocycles. The van der Waals surface area contributed by atoms with Crippen molar-refractivity contribution < 1.29 is 22.3 Å². The summed E-state index contributed by atoms with van der Waals surface area (Å²) < 4.78 is 45.9. The van der Waals surface area contributed by atoms with Gasteiger partial charge in [0.15, 0.2) is 5.75 Å². The number of anilines is 1. The maximum Gasteiger partial charge on any atom is 0.573 e. The van der Waals surface area contributed by atoms with Gasteiger partial charge in [0, 0.05) is 0 Å². The zero-order chi connectivity index (χ0) is 13.9. The van der Waals surface area contributed by atoms with E-state index >= 15 is 0 Å². The van der Waals surface area contributed by atoms with Crippen LogP contribution < -0.4 is 10.1 Å². The van der Waals surface area contributed by atoms with Crippen molar-refractivity contribution in [2.75, 3.05) is 5.32 Å². The number of nitrogens with one attached hydrogen (secondary N) is 1. The number of para-hydroxylation sites is 2. The molecular weight excluding hydrogens is 259 g/mol. The van der Waals surface area contributed by atoms with Crippen LogP contribution in [-0.4, -0.2) is 6.36 Å². The highest BCUT2D eigenvalue weighted by Crippen LogP contribution is 2.32. The summed E-state index contributed by atoms with van der Waals surface area (Å²) in [5.74, 6) is 0.357. The van der Waals surface area contributed by atoms with E-state index in [0.717, 1.165) is 0 Å². The Morgan fingerprint density at radius 2 is 1.89 bits per heavy atom. The summed E-state index contributed by atoms with van der Waals surface area (Å²) in [6.07, 6.45) is -3.21. The van der Waals surface area contributed by atoms with Crippen LogP contribution in [-0.2, 0) is 0 Å². The largest absolute Gasteiger partial charge is 0.573 e. The standard InChI is InChI=1S/C13H12F3NO2/c1-9(11-7-4-8-18-11)17-10-5-2-3-6-12(10)19-13(14,15)16/h2-9,17H,1H3.